The Morgan fingerprint density at radius 3 is 1.46 bits per heavy atom. The van der Waals surface area contributed by atoms with Crippen molar-refractivity contribution >= 4 is 21.5 Å². The first-order valence-electron chi connectivity index (χ1n) is 7.78. The van der Waals surface area contributed by atoms with Gasteiger partial charge >= 0.3 is 0 Å². The van der Waals surface area contributed by atoms with Crippen molar-refractivity contribution in [1.29, 1.82) is 0 Å². The number of benzene rings is 4. The summed E-state index contributed by atoms with van der Waals surface area (Å²) in [7, 11) is 3.33. The molecule has 0 saturated heterocycles. The Hall–Kier alpha value is -3.00. The lowest BCUT2D eigenvalue weighted by molar-refractivity contribution is 0.414. The Labute approximate surface area is 141 Å². The summed E-state index contributed by atoms with van der Waals surface area (Å²) in [6, 6.07) is 27.3. The average molecular weight is 312 g/mol. The zero-order chi connectivity index (χ0) is 16.5. The average Bonchev–Trinajstić information content (AvgIpc) is 2.66. The van der Waals surface area contributed by atoms with E-state index in [4.69, 9.17) is 9.47 Å². The van der Waals surface area contributed by atoms with Crippen LogP contribution < -0.4 is 9.47 Å². The molecule has 0 aromatic heterocycles. The van der Waals surface area contributed by atoms with E-state index in [1.165, 1.54) is 0 Å². The van der Waals surface area contributed by atoms with E-state index in [0.717, 1.165) is 32.7 Å². The van der Waals surface area contributed by atoms with Crippen molar-refractivity contribution in [3.8, 4) is 22.6 Å². The van der Waals surface area contributed by atoms with E-state index in [1.807, 2.05) is 36.4 Å². The molecule has 0 saturated carbocycles. The fourth-order valence-corrected chi connectivity index (χ4v) is 3.05. The van der Waals surface area contributed by atoms with Gasteiger partial charge in [0.15, 0.2) is 0 Å². The highest BCUT2D eigenvalue weighted by Gasteiger charge is 2.12. The monoisotopic (exact) mass is 312 g/mol. The standard InChI is InChI=1S/C22H16O2/c1-23-17-11-15-7-3-5-9-19(15)21(13-17)22-14-18(24-2)12-16-8-4-6-10-20(16)22/h3-12H,1-2H3. The molecule has 0 atom stereocenters. The fourth-order valence-electron chi connectivity index (χ4n) is 3.05. The molecule has 2 heteroatoms. The number of rotatable bonds is 3. The predicted octanol–water partition coefficient (Wildman–Crippen LogP) is 5.28. The van der Waals surface area contributed by atoms with Crippen molar-refractivity contribution in [2.75, 3.05) is 14.2 Å². The van der Waals surface area contributed by atoms with E-state index >= 15 is 0 Å². The third kappa shape index (κ3) is 2.37. The van der Waals surface area contributed by atoms with Gasteiger partial charge in [0.05, 0.1) is 14.2 Å². The Morgan fingerprint density at radius 1 is 0.625 bits per heavy atom. The quantitative estimate of drug-likeness (QED) is 0.512. The molecule has 2 radical (unpaired) electrons. The highest BCUT2D eigenvalue weighted by atomic mass is 16.5. The maximum Gasteiger partial charge on any atom is 0.128 e. The maximum absolute atomic E-state index is 5.45. The van der Waals surface area contributed by atoms with Gasteiger partial charge in [-0.1, -0.05) is 48.5 Å². The van der Waals surface area contributed by atoms with Gasteiger partial charge in [0, 0.05) is 23.3 Å². The molecule has 4 rings (SSSR count). The molecule has 2 nitrogen and oxygen atoms in total. The van der Waals surface area contributed by atoms with E-state index in [9.17, 15) is 0 Å². The Balaban J connectivity index is 2.13. The SMILES string of the molecule is COc1[c]c(-c2[c]c(OC)cc3ccccc23)c2ccccc2c1. The topological polar surface area (TPSA) is 18.5 Å². The summed E-state index contributed by atoms with van der Waals surface area (Å²) < 4.78 is 10.9. The summed E-state index contributed by atoms with van der Waals surface area (Å²) in [5.41, 5.74) is 1.94. The molecule has 0 bridgehead atoms. The van der Waals surface area contributed by atoms with Crippen LogP contribution in [0.15, 0.2) is 60.7 Å². The molecule has 0 N–H and O–H groups in total. The zero-order valence-electron chi connectivity index (χ0n) is 13.6. The minimum absolute atomic E-state index is 0.712. The minimum Gasteiger partial charge on any atom is -0.496 e. The van der Waals surface area contributed by atoms with Gasteiger partial charge in [-0.3, -0.25) is 0 Å². The van der Waals surface area contributed by atoms with Crippen LogP contribution in [-0.2, 0) is 0 Å². The number of fused-ring (bicyclic) bond motifs is 2. The van der Waals surface area contributed by atoms with Gasteiger partial charge < -0.3 is 9.47 Å². The molecule has 116 valence electrons. The molecular weight excluding hydrogens is 296 g/mol. The summed E-state index contributed by atoms with van der Waals surface area (Å²) in [6.07, 6.45) is 0. The zero-order valence-corrected chi connectivity index (χ0v) is 13.6. The predicted molar refractivity (Wildman–Crippen MR) is 97.7 cm³/mol. The van der Waals surface area contributed by atoms with Crippen molar-refractivity contribution in [3.05, 3.63) is 72.8 Å². The summed E-state index contributed by atoms with van der Waals surface area (Å²) in [5, 5.41) is 4.47. The van der Waals surface area contributed by atoms with E-state index in [1.54, 1.807) is 14.2 Å². The lowest BCUT2D eigenvalue weighted by atomic mass is 9.93. The molecular formula is C22H16O2. The second kappa shape index (κ2) is 5.89. The molecule has 24 heavy (non-hydrogen) atoms. The van der Waals surface area contributed by atoms with Gasteiger partial charge in [0.1, 0.15) is 11.5 Å². The second-order valence-corrected chi connectivity index (χ2v) is 5.60. The lowest BCUT2D eigenvalue weighted by Crippen LogP contribution is -1.91. The van der Waals surface area contributed by atoms with Gasteiger partial charge in [0.25, 0.3) is 0 Å². The van der Waals surface area contributed by atoms with E-state index in [0.29, 0.717) is 11.5 Å². The van der Waals surface area contributed by atoms with Crippen LogP contribution in [0, 0.1) is 12.1 Å². The Morgan fingerprint density at radius 2 is 1.04 bits per heavy atom. The highest BCUT2D eigenvalue weighted by Crippen LogP contribution is 2.38. The molecule has 0 aliphatic rings. The number of hydrogen-bond acceptors (Lipinski definition) is 2. The van der Waals surface area contributed by atoms with Crippen LogP contribution in [-0.4, -0.2) is 14.2 Å². The molecule has 0 fully saturated rings. The van der Waals surface area contributed by atoms with E-state index < -0.39 is 0 Å². The number of hydrogen-bond donors (Lipinski definition) is 0. The normalized spacial score (nSPS) is 10.9. The van der Waals surface area contributed by atoms with Crippen LogP contribution >= 0.6 is 0 Å². The summed E-state index contributed by atoms with van der Waals surface area (Å²) in [4.78, 5) is 0. The molecule has 0 heterocycles. The van der Waals surface area contributed by atoms with Crippen molar-refractivity contribution in [2.45, 2.75) is 0 Å². The van der Waals surface area contributed by atoms with E-state index in [-0.39, 0.29) is 0 Å². The first-order chi connectivity index (χ1) is 11.8. The van der Waals surface area contributed by atoms with Crippen LogP contribution in [0.4, 0.5) is 0 Å². The molecule has 0 aliphatic heterocycles. The van der Waals surface area contributed by atoms with Gasteiger partial charge in [0.2, 0.25) is 0 Å². The third-order valence-corrected chi connectivity index (χ3v) is 4.22. The third-order valence-electron chi connectivity index (χ3n) is 4.22. The van der Waals surface area contributed by atoms with Crippen LogP contribution in [0.5, 0.6) is 11.5 Å². The van der Waals surface area contributed by atoms with Crippen LogP contribution in [0.3, 0.4) is 0 Å². The number of methoxy groups -OCH3 is 2. The Bertz CT molecular complexity index is 949. The molecule has 4 aromatic carbocycles. The first kappa shape index (κ1) is 14.6. The summed E-state index contributed by atoms with van der Waals surface area (Å²) in [5.74, 6) is 1.42. The maximum atomic E-state index is 5.45. The van der Waals surface area contributed by atoms with Gasteiger partial charge in [-0.05, 0) is 33.7 Å². The van der Waals surface area contributed by atoms with Crippen LogP contribution in [0.1, 0.15) is 0 Å². The first-order valence-corrected chi connectivity index (χ1v) is 7.78. The molecule has 0 aliphatic carbocycles. The van der Waals surface area contributed by atoms with E-state index in [2.05, 4.69) is 36.4 Å². The fraction of sp³-hybridized carbons (Fsp3) is 0.0909. The van der Waals surface area contributed by atoms with Gasteiger partial charge in [-0.25, -0.2) is 0 Å². The van der Waals surface area contributed by atoms with Crippen molar-refractivity contribution < 1.29 is 9.47 Å². The largest absolute Gasteiger partial charge is 0.496 e. The second-order valence-electron chi connectivity index (χ2n) is 5.60. The van der Waals surface area contributed by atoms with Gasteiger partial charge in [-0.2, -0.15) is 0 Å². The van der Waals surface area contributed by atoms with Crippen molar-refractivity contribution in [1.82, 2.24) is 0 Å². The smallest absolute Gasteiger partial charge is 0.128 e. The summed E-state index contributed by atoms with van der Waals surface area (Å²) in [6.45, 7) is 0. The molecule has 0 spiro atoms. The molecule has 0 amide bonds. The van der Waals surface area contributed by atoms with Crippen molar-refractivity contribution in [3.63, 3.8) is 0 Å². The van der Waals surface area contributed by atoms with Crippen LogP contribution in [0.25, 0.3) is 32.7 Å². The highest BCUT2D eigenvalue weighted by molar-refractivity contribution is 6.06. The van der Waals surface area contributed by atoms with Gasteiger partial charge in [-0.15, -0.1) is 0 Å². The molecule has 0 unspecified atom stereocenters. The minimum atomic E-state index is 0.712. The lowest BCUT2D eigenvalue weighted by Gasteiger charge is -2.13. The molecule has 4 aromatic rings. The number of ether oxygens (including phenoxy) is 2. The Kier molecular flexibility index (Phi) is 3.58. The van der Waals surface area contributed by atoms with Crippen LogP contribution in [0.2, 0.25) is 0 Å². The van der Waals surface area contributed by atoms with Crippen molar-refractivity contribution in [2.24, 2.45) is 0 Å². The summed E-state index contributed by atoms with van der Waals surface area (Å²) >= 11 is 0.